The van der Waals surface area contributed by atoms with E-state index in [2.05, 4.69) is 41.9 Å². The molecule has 0 amide bonds. The summed E-state index contributed by atoms with van der Waals surface area (Å²) in [5.74, 6) is 0. The molecule has 0 saturated carbocycles. The van der Waals surface area contributed by atoms with Crippen molar-refractivity contribution in [2.45, 2.75) is 45.3 Å². The van der Waals surface area contributed by atoms with Gasteiger partial charge in [0.05, 0.1) is 19.8 Å². The molecule has 2 aromatic rings. The van der Waals surface area contributed by atoms with Gasteiger partial charge in [0.25, 0.3) is 0 Å². The van der Waals surface area contributed by atoms with Gasteiger partial charge in [-0.25, -0.2) is 0 Å². The van der Waals surface area contributed by atoms with E-state index in [1.54, 1.807) is 7.11 Å². The zero-order valence-electron chi connectivity index (χ0n) is 19.8. The number of halogens is 1. The van der Waals surface area contributed by atoms with Crippen LogP contribution in [-0.2, 0) is 28.9 Å². The third kappa shape index (κ3) is 6.07. The Kier molecular flexibility index (Phi) is 8.26. The van der Waals surface area contributed by atoms with Crippen molar-refractivity contribution in [3.05, 3.63) is 87.6 Å². The number of ether oxygens (including phenoxy) is 2. The summed E-state index contributed by atoms with van der Waals surface area (Å²) in [5, 5.41) is 4.32. The third-order valence-corrected chi connectivity index (χ3v) is 7.17. The topological polar surface area (TPSA) is 33.7 Å². The van der Waals surface area contributed by atoms with Crippen LogP contribution in [0.25, 0.3) is 5.70 Å². The number of hydrogen-bond donors (Lipinski definition) is 1. The minimum Gasteiger partial charge on any atom is -0.382 e. The zero-order chi connectivity index (χ0) is 23.2. The van der Waals surface area contributed by atoms with Gasteiger partial charge in [-0.15, -0.1) is 0 Å². The molecule has 5 heteroatoms. The van der Waals surface area contributed by atoms with Crippen LogP contribution in [0.3, 0.4) is 0 Å². The molecule has 1 unspecified atom stereocenters. The molecule has 1 aliphatic carbocycles. The van der Waals surface area contributed by atoms with Crippen LogP contribution < -0.4 is 5.32 Å². The fraction of sp³-hybridized carbons (Fsp3) is 0.429. The van der Waals surface area contributed by atoms with Gasteiger partial charge >= 0.3 is 0 Å². The van der Waals surface area contributed by atoms with Gasteiger partial charge in [-0.05, 0) is 55.4 Å². The Morgan fingerprint density at radius 3 is 2.82 bits per heavy atom. The molecule has 1 aliphatic heterocycles. The van der Waals surface area contributed by atoms with Gasteiger partial charge in [-0.3, -0.25) is 4.90 Å². The maximum Gasteiger partial charge on any atom is 0.0718 e. The number of aryl methyl sites for hydroxylation is 1. The normalized spacial score (nSPS) is 18.8. The van der Waals surface area contributed by atoms with Gasteiger partial charge in [0.15, 0.2) is 0 Å². The first-order chi connectivity index (χ1) is 16.0. The first kappa shape index (κ1) is 24.0. The number of nitrogens with zero attached hydrogens (tertiary/aromatic N) is 1. The van der Waals surface area contributed by atoms with Crippen molar-refractivity contribution in [1.82, 2.24) is 10.2 Å². The molecule has 1 heterocycles. The second-order valence-corrected chi connectivity index (χ2v) is 9.52. The van der Waals surface area contributed by atoms with Crippen LogP contribution in [0.15, 0.2) is 60.3 Å². The van der Waals surface area contributed by atoms with Gasteiger partial charge in [0.2, 0.25) is 0 Å². The molecule has 0 spiro atoms. The average Bonchev–Trinajstić information content (AvgIpc) is 2.83. The highest BCUT2D eigenvalue weighted by Crippen LogP contribution is 2.30. The summed E-state index contributed by atoms with van der Waals surface area (Å²) in [5.41, 5.74) is 8.70. The Morgan fingerprint density at radius 1 is 1.15 bits per heavy atom. The molecule has 1 atom stereocenters. The van der Waals surface area contributed by atoms with E-state index in [4.69, 9.17) is 21.1 Å². The summed E-state index contributed by atoms with van der Waals surface area (Å²) >= 11 is 6.39. The van der Waals surface area contributed by atoms with Gasteiger partial charge in [-0.1, -0.05) is 60.2 Å². The minimum absolute atomic E-state index is 0.556. The van der Waals surface area contributed by atoms with Crippen LogP contribution in [0.4, 0.5) is 0 Å². The highest BCUT2D eigenvalue weighted by molar-refractivity contribution is 6.32. The van der Waals surface area contributed by atoms with Crippen LogP contribution in [0, 0.1) is 0 Å². The van der Waals surface area contributed by atoms with Crippen LogP contribution in [-0.4, -0.2) is 44.4 Å². The molecule has 176 valence electrons. The highest BCUT2D eigenvalue weighted by atomic mass is 35.5. The number of benzene rings is 2. The van der Waals surface area contributed by atoms with E-state index in [1.807, 2.05) is 24.3 Å². The molecular formula is C28H35ClN2O2. The molecule has 0 radical (unpaired) electrons. The Balaban J connectivity index is 1.39. The monoisotopic (exact) mass is 466 g/mol. The summed E-state index contributed by atoms with van der Waals surface area (Å²) < 4.78 is 10.8. The first-order valence-electron chi connectivity index (χ1n) is 11.9. The standard InChI is InChI=1S/C28H35ClN2O2/c1-20-12-13-31(18-28(20)30-21(2)26-6-4-5-7-27(26)29)25-11-10-23-9-8-22(16-24(23)17-25)19-33-15-14-32-3/h4-9,16,25,30H,2,10-15,17-19H2,1,3H3. The fourth-order valence-electron chi connectivity index (χ4n) is 4.82. The van der Waals surface area contributed by atoms with Crippen molar-refractivity contribution in [1.29, 1.82) is 0 Å². The lowest BCUT2D eigenvalue weighted by atomic mass is 9.85. The summed E-state index contributed by atoms with van der Waals surface area (Å²) in [4.78, 5) is 2.64. The minimum atomic E-state index is 0.556. The van der Waals surface area contributed by atoms with Gasteiger partial charge in [-0.2, -0.15) is 0 Å². The SMILES string of the molecule is C=C(NC1=C(C)CCN(C2CCc3ccc(COCCOC)cc3C2)C1)c1ccccc1Cl. The van der Waals surface area contributed by atoms with Gasteiger partial charge in [0, 0.05) is 48.2 Å². The molecule has 0 saturated heterocycles. The lowest BCUT2D eigenvalue weighted by molar-refractivity contribution is 0.0616. The largest absolute Gasteiger partial charge is 0.382 e. The van der Waals surface area contributed by atoms with Crippen LogP contribution in [0.2, 0.25) is 5.02 Å². The smallest absolute Gasteiger partial charge is 0.0718 e. The van der Waals surface area contributed by atoms with Crippen LogP contribution >= 0.6 is 11.6 Å². The van der Waals surface area contributed by atoms with Gasteiger partial charge in [0.1, 0.15) is 0 Å². The number of fused-ring (bicyclic) bond motifs is 1. The number of rotatable bonds is 9. The molecule has 0 fully saturated rings. The highest BCUT2D eigenvalue weighted by Gasteiger charge is 2.28. The van der Waals surface area contributed by atoms with E-state index in [0.29, 0.717) is 25.9 Å². The molecule has 2 aliphatic rings. The molecule has 2 aromatic carbocycles. The van der Waals surface area contributed by atoms with Crippen molar-refractivity contribution in [3.63, 3.8) is 0 Å². The number of methoxy groups -OCH3 is 1. The van der Waals surface area contributed by atoms with Crippen molar-refractivity contribution in [2.75, 3.05) is 33.4 Å². The predicted molar refractivity (Wildman–Crippen MR) is 136 cm³/mol. The fourth-order valence-corrected chi connectivity index (χ4v) is 5.07. The van der Waals surface area contributed by atoms with Crippen molar-refractivity contribution in [2.24, 2.45) is 0 Å². The Labute approximate surface area is 203 Å². The predicted octanol–water partition coefficient (Wildman–Crippen LogP) is 5.60. The van der Waals surface area contributed by atoms with Crippen LogP contribution in [0.1, 0.15) is 42.0 Å². The van der Waals surface area contributed by atoms with E-state index in [9.17, 15) is 0 Å². The summed E-state index contributed by atoms with van der Waals surface area (Å²) in [6.07, 6.45) is 4.52. The third-order valence-electron chi connectivity index (χ3n) is 6.84. The Bertz CT molecular complexity index is 1020. The maximum absolute atomic E-state index is 6.39. The van der Waals surface area contributed by atoms with Crippen LogP contribution in [0.5, 0.6) is 0 Å². The molecule has 0 aromatic heterocycles. The Hall–Kier alpha value is -2.11. The molecule has 1 N–H and O–H groups in total. The molecule has 4 rings (SSSR count). The van der Waals surface area contributed by atoms with Gasteiger partial charge < -0.3 is 14.8 Å². The van der Waals surface area contributed by atoms with E-state index in [0.717, 1.165) is 48.6 Å². The first-order valence-corrected chi connectivity index (χ1v) is 12.2. The quantitative estimate of drug-likeness (QED) is 0.487. The average molecular weight is 467 g/mol. The molecular weight excluding hydrogens is 432 g/mol. The van der Waals surface area contributed by atoms with E-state index < -0.39 is 0 Å². The lowest BCUT2D eigenvalue weighted by Crippen LogP contribution is -2.45. The number of nitrogens with one attached hydrogen (secondary N) is 1. The van der Waals surface area contributed by atoms with Crippen molar-refractivity contribution < 1.29 is 9.47 Å². The summed E-state index contributed by atoms with van der Waals surface area (Å²) in [6.45, 7) is 10.4. The van der Waals surface area contributed by atoms with E-state index in [-0.39, 0.29) is 0 Å². The summed E-state index contributed by atoms with van der Waals surface area (Å²) in [6, 6.07) is 15.3. The summed E-state index contributed by atoms with van der Waals surface area (Å²) in [7, 11) is 1.70. The Morgan fingerprint density at radius 2 is 2.00 bits per heavy atom. The second-order valence-electron chi connectivity index (χ2n) is 9.11. The number of hydrogen-bond acceptors (Lipinski definition) is 4. The molecule has 4 nitrogen and oxygen atoms in total. The van der Waals surface area contributed by atoms with E-state index in [1.165, 1.54) is 34.4 Å². The lowest BCUT2D eigenvalue weighted by Gasteiger charge is -2.39. The zero-order valence-corrected chi connectivity index (χ0v) is 20.6. The van der Waals surface area contributed by atoms with E-state index >= 15 is 0 Å². The van der Waals surface area contributed by atoms with Crippen molar-refractivity contribution in [3.8, 4) is 0 Å². The second kappa shape index (κ2) is 11.3. The van der Waals surface area contributed by atoms with Crippen molar-refractivity contribution >= 4 is 17.3 Å². The maximum atomic E-state index is 6.39. The molecule has 0 bridgehead atoms. The molecule has 33 heavy (non-hydrogen) atoms.